The maximum absolute atomic E-state index is 12.7. The molecule has 1 fully saturated rings. The molecule has 50 heavy (non-hydrogen) atoms. The van der Waals surface area contributed by atoms with Crippen molar-refractivity contribution >= 4 is 41.5 Å². The molecule has 0 amide bonds. The molecule has 1 saturated heterocycles. The maximum Gasteiger partial charge on any atom is 0.527 e. The van der Waals surface area contributed by atoms with E-state index in [9.17, 15) is 39.6 Å². The summed E-state index contributed by atoms with van der Waals surface area (Å²) in [6.07, 6.45) is 2.08. The van der Waals surface area contributed by atoms with E-state index >= 15 is 0 Å². The van der Waals surface area contributed by atoms with Crippen molar-refractivity contribution in [3.8, 4) is 0 Å². The smallest absolute Gasteiger partial charge is 0.480 e. The van der Waals surface area contributed by atoms with E-state index in [0.717, 1.165) is 0 Å². The van der Waals surface area contributed by atoms with Gasteiger partial charge in [-0.25, -0.2) is 0 Å². The van der Waals surface area contributed by atoms with Crippen molar-refractivity contribution in [3.05, 3.63) is 0 Å². The number of nitrogens with two attached hydrogens (primary N) is 2. The molecule has 0 aromatic heterocycles. The SMILES string of the molecule is CO[Si](OC)(OCCCCN)C1([Si](OC)(OC)OCCCCN)CN(CC(=O)O)CCN(CC(=O)O)CCN(CC(=O)O)CCN1CC(=O)O. The van der Waals surface area contributed by atoms with Crippen LogP contribution in [0.2, 0.25) is 0 Å². The highest BCUT2D eigenvalue weighted by Gasteiger charge is 2.79. The lowest BCUT2D eigenvalue weighted by Crippen LogP contribution is -2.88. The van der Waals surface area contributed by atoms with Crippen LogP contribution < -0.4 is 11.5 Å². The minimum atomic E-state index is -4.42. The van der Waals surface area contributed by atoms with Gasteiger partial charge in [-0.2, -0.15) is 0 Å². The van der Waals surface area contributed by atoms with Gasteiger partial charge in [0.15, 0.2) is 4.79 Å². The Morgan fingerprint density at radius 2 is 0.900 bits per heavy atom. The number of rotatable bonds is 24. The largest absolute Gasteiger partial charge is 0.527 e. The van der Waals surface area contributed by atoms with Crippen molar-refractivity contribution < 1.29 is 66.2 Å². The summed E-state index contributed by atoms with van der Waals surface area (Å²) < 4.78 is 38.1. The van der Waals surface area contributed by atoms with Crippen LogP contribution in [0.3, 0.4) is 0 Å². The van der Waals surface area contributed by atoms with Gasteiger partial charge in [-0.15, -0.1) is 0 Å². The lowest BCUT2D eigenvalue weighted by molar-refractivity contribution is -0.143. The first-order chi connectivity index (χ1) is 23.7. The van der Waals surface area contributed by atoms with Crippen LogP contribution in [0.1, 0.15) is 25.7 Å². The van der Waals surface area contributed by atoms with Crippen LogP contribution in [0.4, 0.5) is 0 Å². The summed E-state index contributed by atoms with van der Waals surface area (Å²) in [5.41, 5.74) is 11.5. The molecule has 1 heterocycles. The van der Waals surface area contributed by atoms with Gasteiger partial charge in [-0.1, -0.05) is 0 Å². The molecule has 0 bridgehead atoms. The third-order valence-corrected chi connectivity index (χ3v) is 16.5. The second kappa shape index (κ2) is 23.4. The molecule has 1 rings (SSSR count). The summed E-state index contributed by atoms with van der Waals surface area (Å²) in [6, 6.07) is 0. The van der Waals surface area contributed by atoms with Gasteiger partial charge < -0.3 is 58.4 Å². The fraction of sp³-hybridized carbons (Fsp3) is 0.857. The molecule has 20 nitrogen and oxygen atoms in total. The fourth-order valence-corrected chi connectivity index (χ4v) is 14.7. The fourth-order valence-electron chi connectivity index (χ4n) is 6.14. The zero-order valence-corrected chi connectivity index (χ0v) is 31.7. The quantitative estimate of drug-likeness (QED) is 0.0433. The van der Waals surface area contributed by atoms with Crippen molar-refractivity contribution in [1.29, 1.82) is 0 Å². The first kappa shape index (κ1) is 45.9. The monoisotopic (exact) mass is 758 g/mol. The Labute approximate surface area is 295 Å². The summed E-state index contributed by atoms with van der Waals surface area (Å²) >= 11 is 0. The maximum atomic E-state index is 12.7. The molecule has 8 N–H and O–H groups in total. The summed E-state index contributed by atoms with van der Waals surface area (Å²) in [4.78, 5) is 53.1. The molecule has 0 atom stereocenters. The molecule has 0 aromatic carbocycles. The highest BCUT2D eigenvalue weighted by molar-refractivity contribution is 6.85. The summed E-state index contributed by atoms with van der Waals surface area (Å²) in [7, 11) is -3.51. The first-order valence-corrected chi connectivity index (χ1v) is 19.9. The Hall–Kier alpha value is -2.17. The van der Waals surface area contributed by atoms with Crippen LogP contribution in [-0.4, -0.2) is 213 Å². The first-order valence-electron chi connectivity index (χ1n) is 16.4. The molecule has 0 aromatic rings. The van der Waals surface area contributed by atoms with Crippen molar-refractivity contribution in [2.24, 2.45) is 11.5 Å². The molecule has 0 spiro atoms. The third kappa shape index (κ3) is 13.1. The Kier molecular flexibility index (Phi) is 21.5. The lowest BCUT2D eigenvalue weighted by Gasteiger charge is -2.56. The van der Waals surface area contributed by atoms with E-state index in [1.165, 1.54) is 38.2 Å². The second-order valence-electron chi connectivity index (χ2n) is 11.7. The van der Waals surface area contributed by atoms with E-state index in [-0.39, 0.29) is 59.0 Å². The van der Waals surface area contributed by atoms with E-state index in [4.69, 9.17) is 38.0 Å². The summed E-state index contributed by atoms with van der Waals surface area (Å²) in [6.45, 7) is -1.50. The Morgan fingerprint density at radius 3 is 1.24 bits per heavy atom. The molecular formula is C28H58N6O14Si2. The number of carbonyl (C=O) groups is 4. The van der Waals surface area contributed by atoms with Crippen LogP contribution in [0, 0.1) is 0 Å². The van der Waals surface area contributed by atoms with E-state index in [1.807, 2.05) is 0 Å². The van der Waals surface area contributed by atoms with Gasteiger partial charge in [0.2, 0.25) is 0 Å². The number of carboxylic acid groups (broad SMARTS) is 4. The number of hydrogen-bond donors (Lipinski definition) is 6. The summed E-state index contributed by atoms with van der Waals surface area (Å²) in [5.74, 6) is -4.77. The van der Waals surface area contributed by atoms with Gasteiger partial charge in [0.25, 0.3) is 0 Å². The topological polar surface area (TPSA) is 270 Å². The number of unbranched alkanes of at least 4 members (excludes halogenated alkanes) is 2. The number of carboxylic acids is 4. The van der Waals surface area contributed by atoms with Crippen LogP contribution in [-0.2, 0) is 45.7 Å². The molecule has 0 aliphatic carbocycles. The average Bonchev–Trinajstić information content (AvgIpc) is 3.06. The van der Waals surface area contributed by atoms with Crippen LogP contribution in [0.5, 0.6) is 0 Å². The average molecular weight is 759 g/mol. The summed E-state index contributed by atoms with van der Waals surface area (Å²) in [5, 5.41) is 39.9. The number of nitrogens with zero attached hydrogens (tertiary/aromatic N) is 4. The van der Waals surface area contributed by atoms with Crippen LogP contribution >= 0.6 is 0 Å². The Morgan fingerprint density at radius 1 is 0.560 bits per heavy atom. The van der Waals surface area contributed by atoms with Gasteiger partial charge in [0.1, 0.15) is 0 Å². The molecule has 1 aliphatic heterocycles. The Bertz CT molecular complexity index is 1010. The highest BCUT2D eigenvalue weighted by Crippen LogP contribution is 2.41. The van der Waals surface area contributed by atoms with Crippen LogP contribution in [0.25, 0.3) is 0 Å². The lowest BCUT2D eigenvalue weighted by atomic mass is 10.3. The zero-order chi connectivity index (χ0) is 37.8. The van der Waals surface area contributed by atoms with Crippen molar-refractivity contribution in [1.82, 2.24) is 19.6 Å². The van der Waals surface area contributed by atoms with E-state index in [2.05, 4.69) is 0 Å². The predicted molar refractivity (Wildman–Crippen MR) is 182 cm³/mol. The van der Waals surface area contributed by atoms with Gasteiger partial charge >= 0.3 is 41.5 Å². The minimum absolute atomic E-state index is 0.0304. The van der Waals surface area contributed by atoms with Crippen LogP contribution in [0.15, 0.2) is 0 Å². The Balaban J connectivity index is 4.32. The molecular weight excluding hydrogens is 701 g/mol. The van der Waals surface area contributed by atoms with E-state index < -0.39 is 72.5 Å². The number of aliphatic carboxylic acids is 4. The molecule has 1 aliphatic rings. The molecule has 22 heteroatoms. The normalized spacial score (nSPS) is 18.0. The van der Waals surface area contributed by atoms with Crippen molar-refractivity contribution in [3.63, 3.8) is 0 Å². The third-order valence-electron chi connectivity index (χ3n) is 8.42. The van der Waals surface area contributed by atoms with E-state index in [1.54, 1.807) is 9.80 Å². The molecule has 0 radical (unpaired) electrons. The van der Waals surface area contributed by atoms with Crippen molar-refractivity contribution in [2.75, 3.05) is 127 Å². The van der Waals surface area contributed by atoms with Gasteiger partial charge in [0, 0.05) is 87.5 Å². The number of hydrogen-bond acceptors (Lipinski definition) is 16. The zero-order valence-electron chi connectivity index (χ0n) is 29.7. The van der Waals surface area contributed by atoms with Gasteiger partial charge in [-0.3, -0.25) is 38.8 Å². The van der Waals surface area contributed by atoms with Gasteiger partial charge in [-0.05, 0) is 38.8 Å². The van der Waals surface area contributed by atoms with Gasteiger partial charge in [0.05, 0.1) is 26.2 Å². The van der Waals surface area contributed by atoms with E-state index in [0.29, 0.717) is 38.8 Å². The molecule has 0 unspecified atom stereocenters. The highest BCUT2D eigenvalue weighted by atomic mass is 28.5. The second-order valence-corrected chi connectivity index (χ2v) is 18.3. The minimum Gasteiger partial charge on any atom is -0.480 e. The standard InChI is InChI=1S/C28H58N6O14Si2/c1-43-49(44-2,47-17-7-5-9-29)28(50(45-3,46-4)48-18-8-6-10-30)23-33(21-26(39)40)14-13-31(19-24(35)36)11-12-32(20-25(37)38)15-16-34(28)22-27(41)42/h5-23,29-30H2,1-4H3,(H,35,36)(H,37,38)(H,39,40)(H,41,42). The van der Waals surface area contributed by atoms with Crippen molar-refractivity contribution in [2.45, 2.75) is 30.5 Å². The predicted octanol–water partition coefficient (Wildman–Crippen LogP) is -2.66. The molecule has 0 saturated carbocycles. The molecule has 292 valence electrons.